The summed E-state index contributed by atoms with van der Waals surface area (Å²) in [5.41, 5.74) is 0.0275. The molecule has 22 heavy (non-hydrogen) atoms. The van der Waals surface area contributed by atoms with E-state index < -0.39 is 5.54 Å². The third-order valence-electron chi connectivity index (χ3n) is 4.22. The maximum absolute atomic E-state index is 12.8. The van der Waals surface area contributed by atoms with Gasteiger partial charge in [-0.25, -0.2) is 9.18 Å². The van der Waals surface area contributed by atoms with Crippen molar-refractivity contribution >= 4 is 11.9 Å². The molecular weight excluding hydrogens is 285 g/mol. The predicted molar refractivity (Wildman–Crippen MR) is 80.7 cm³/mol. The maximum atomic E-state index is 12.8. The number of rotatable bonds is 5. The highest BCUT2D eigenvalue weighted by Crippen LogP contribution is 2.29. The molecule has 0 atom stereocenters. The fraction of sp³-hybridized carbons (Fsp3) is 0.529. The third-order valence-corrected chi connectivity index (χ3v) is 4.22. The molecule has 0 saturated heterocycles. The van der Waals surface area contributed by atoms with E-state index in [1.54, 1.807) is 12.1 Å². The molecular formula is C17H22FNO3. The Morgan fingerprint density at radius 2 is 1.82 bits per heavy atom. The molecule has 0 aliphatic heterocycles. The summed E-state index contributed by atoms with van der Waals surface area (Å²) in [5.74, 6) is -0.820. The van der Waals surface area contributed by atoms with Crippen LogP contribution < -0.4 is 5.32 Å². The van der Waals surface area contributed by atoms with E-state index in [0.717, 1.165) is 24.8 Å². The first-order chi connectivity index (χ1) is 10.6. The zero-order chi connectivity index (χ0) is 16.0. The SMILES string of the molecule is COC(=O)C1(NC(=O)CCc2ccc(F)cc2)CCCCC1. The minimum absolute atomic E-state index is 0.170. The Morgan fingerprint density at radius 1 is 1.18 bits per heavy atom. The van der Waals surface area contributed by atoms with Crippen molar-refractivity contribution in [3.63, 3.8) is 0 Å². The summed E-state index contributed by atoms with van der Waals surface area (Å²) in [6.45, 7) is 0. The quantitative estimate of drug-likeness (QED) is 0.851. The van der Waals surface area contributed by atoms with Gasteiger partial charge in [-0.1, -0.05) is 31.4 Å². The summed E-state index contributed by atoms with van der Waals surface area (Å²) in [7, 11) is 1.35. The average molecular weight is 307 g/mol. The highest BCUT2D eigenvalue weighted by atomic mass is 19.1. The molecule has 1 saturated carbocycles. The van der Waals surface area contributed by atoms with Gasteiger partial charge in [0.25, 0.3) is 0 Å². The minimum atomic E-state index is -0.868. The van der Waals surface area contributed by atoms with E-state index in [1.165, 1.54) is 19.2 Å². The van der Waals surface area contributed by atoms with E-state index in [9.17, 15) is 14.0 Å². The minimum Gasteiger partial charge on any atom is -0.467 e. The number of nitrogens with one attached hydrogen (secondary N) is 1. The molecule has 4 nitrogen and oxygen atoms in total. The van der Waals surface area contributed by atoms with Crippen molar-refractivity contribution in [3.8, 4) is 0 Å². The lowest BCUT2D eigenvalue weighted by Gasteiger charge is -2.35. The van der Waals surface area contributed by atoms with Crippen LogP contribution in [0.1, 0.15) is 44.1 Å². The largest absolute Gasteiger partial charge is 0.467 e. The van der Waals surface area contributed by atoms with Gasteiger partial charge in [0.1, 0.15) is 11.4 Å². The third kappa shape index (κ3) is 4.06. The molecule has 1 aliphatic carbocycles. The van der Waals surface area contributed by atoms with Gasteiger partial charge < -0.3 is 10.1 Å². The molecule has 1 amide bonds. The van der Waals surface area contributed by atoms with Gasteiger partial charge in [-0.05, 0) is 37.0 Å². The number of amides is 1. The molecule has 0 heterocycles. The second kappa shape index (κ2) is 7.38. The molecule has 1 aliphatic rings. The Kier molecular flexibility index (Phi) is 5.52. The number of aryl methyl sites for hydroxylation is 1. The summed E-state index contributed by atoms with van der Waals surface area (Å²) in [5, 5.41) is 2.88. The van der Waals surface area contributed by atoms with E-state index in [0.29, 0.717) is 19.3 Å². The number of carbonyl (C=O) groups excluding carboxylic acids is 2. The van der Waals surface area contributed by atoms with E-state index in [4.69, 9.17) is 4.74 Å². The van der Waals surface area contributed by atoms with Crippen LogP contribution in [0.4, 0.5) is 4.39 Å². The van der Waals surface area contributed by atoms with Crippen LogP contribution in [0.3, 0.4) is 0 Å². The van der Waals surface area contributed by atoms with Crippen LogP contribution in [0.25, 0.3) is 0 Å². The van der Waals surface area contributed by atoms with E-state index >= 15 is 0 Å². The van der Waals surface area contributed by atoms with Crippen LogP contribution in [0.15, 0.2) is 24.3 Å². The molecule has 0 aromatic heterocycles. The summed E-state index contributed by atoms with van der Waals surface area (Å²) in [6, 6.07) is 6.09. The van der Waals surface area contributed by atoms with Gasteiger partial charge in [0.2, 0.25) is 5.91 Å². The van der Waals surface area contributed by atoms with Crippen molar-refractivity contribution in [3.05, 3.63) is 35.6 Å². The van der Waals surface area contributed by atoms with E-state index in [-0.39, 0.29) is 24.1 Å². The van der Waals surface area contributed by atoms with E-state index in [1.807, 2.05) is 0 Å². The Hall–Kier alpha value is -1.91. The second-order valence-electron chi connectivity index (χ2n) is 5.81. The molecule has 0 spiro atoms. The first-order valence-corrected chi connectivity index (χ1v) is 7.70. The van der Waals surface area contributed by atoms with Crippen LogP contribution in [-0.2, 0) is 20.7 Å². The molecule has 120 valence electrons. The Bertz CT molecular complexity index is 521. The lowest BCUT2D eigenvalue weighted by molar-refractivity contribution is -0.152. The number of halogens is 1. The summed E-state index contributed by atoms with van der Waals surface area (Å²) in [6.07, 6.45) is 4.93. The van der Waals surface area contributed by atoms with Gasteiger partial charge in [-0.3, -0.25) is 4.79 Å². The molecule has 5 heteroatoms. The smallest absolute Gasteiger partial charge is 0.331 e. The topological polar surface area (TPSA) is 55.4 Å². The zero-order valence-electron chi connectivity index (χ0n) is 12.9. The fourth-order valence-electron chi connectivity index (χ4n) is 2.97. The summed E-state index contributed by atoms with van der Waals surface area (Å²) >= 11 is 0. The highest BCUT2D eigenvalue weighted by molar-refractivity contribution is 5.88. The first-order valence-electron chi connectivity index (χ1n) is 7.70. The van der Waals surface area contributed by atoms with Crippen LogP contribution >= 0.6 is 0 Å². The lowest BCUT2D eigenvalue weighted by Crippen LogP contribution is -2.56. The van der Waals surface area contributed by atoms with Crippen molar-refractivity contribution in [1.29, 1.82) is 0 Å². The predicted octanol–water partition coefficient (Wildman–Crippen LogP) is 2.75. The van der Waals surface area contributed by atoms with Gasteiger partial charge in [0.05, 0.1) is 7.11 Å². The van der Waals surface area contributed by atoms with Crippen molar-refractivity contribution in [2.75, 3.05) is 7.11 Å². The summed E-state index contributed by atoms with van der Waals surface area (Å²) in [4.78, 5) is 24.2. The van der Waals surface area contributed by atoms with Crippen LogP contribution in [0, 0.1) is 5.82 Å². The normalized spacial score (nSPS) is 16.8. The molecule has 1 aromatic carbocycles. The Labute approximate surface area is 130 Å². The number of ether oxygens (including phenoxy) is 1. The second-order valence-corrected chi connectivity index (χ2v) is 5.81. The zero-order valence-corrected chi connectivity index (χ0v) is 12.9. The molecule has 1 N–H and O–H groups in total. The number of esters is 1. The van der Waals surface area contributed by atoms with Gasteiger partial charge in [0.15, 0.2) is 0 Å². The van der Waals surface area contributed by atoms with Gasteiger partial charge in [-0.2, -0.15) is 0 Å². The van der Waals surface area contributed by atoms with Gasteiger partial charge in [-0.15, -0.1) is 0 Å². The van der Waals surface area contributed by atoms with Crippen LogP contribution in [-0.4, -0.2) is 24.5 Å². The Morgan fingerprint density at radius 3 is 2.41 bits per heavy atom. The fourth-order valence-corrected chi connectivity index (χ4v) is 2.97. The average Bonchev–Trinajstić information content (AvgIpc) is 2.54. The van der Waals surface area contributed by atoms with Crippen molar-refractivity contribution < 1.29 is 18.7 Å². The summed E-state index contributed by atoms with van der Waals surface area (Å²) < 4.78 is 17.7. The number of carbonyl (C=O) groups is 2. The number of hydrogen-bond acceptors (Lipinski definition) is 3. The first kappa shape index (κ1) is 16.5. The van der Waals surface area contributed by atoms with E-state index in [2.05, 4.69) is 5.32 Å². The van der Waals surface area contributed by atoms with Gasteiger partial charge >= 0.3 is 5.97 Å². The van der Waals surface area contributed by atoms with Gasteiger partial charge in [0, 0.05) is 6.42 Å². The van der Waals surface area contributed by atoms with Crippen molar-refractivity contribution in [2.45, 2.75) is 50.5 Å². The molecule has 0 bridgehead atoms. The monoisotopic (exact) mass is 307 g/mol. The lowest BCUT2D eigenvalue weighted by atomic mass is 9.81. The Balaban J connectivity index is 1.93. The molecule has 0 radical (unpaired) electrons. The standard InChI is InChI=1S/C17H22FNO3/c1-22-16(21)17(11-3-2-4-12-17)19-15(20)10-7-13-5-8-14(18)9-6-13/h5-6,8-9H,2-4,7,10-12H2,1H3,(H,19,20). The molecule has 1 fully saturated rings. The maximum Gasteiger partial charge on any atom is 0.331 e. The number of hydrogen-bond donors (Lipinski definition) is 1. The van der Waals surface area contributed by atoms with Crippen LogP contribution in [0.2, 0.25) is 0 Å². The molecule has 2 rings (SSSR count). The van der Waals surface area contributed by atoms with Crippen molar-refractivity contribution in [1.82, 2.24) is 5.32 Å². The number of methoxy groups -OCH3 is 1. The van der Waals surface area contributed by atoms with Crippen molar-refractivity contribution in [2.24, 2.45) is 0 Å². The molecule has 1 aromatic rings. The molecule has 0 unspecified atom stereocenters. The number of benzene rings is 1. The van der Waals surface area contributed by atoms with Crippen LogP contribution in [0.5, 0.6) is 0 Å². The highest BCUT2D eigenvalue weighted by Gasteiger charge is 2.41.